The van der Waals surface area contributed by atoms with Crippen molar-refractivity contribution in [1.82, 2.24) is 14.9 Å². The highest BCUT2D eigenvalue weighted by Gasteiger charge is 2.40. The third kappa shape index (κ3) is 4.57. The zero-order valence-electron chi connectivity index (χ0n) is 23.3. The standard InChI is InChI=1S/C30H37N5O4/c1-17(20-13-27(36)31-14-20)39-25-12-19(10-22-28(25)34(16-32-22)21-7-8-21)18-6-9-23-24(11-18)35(29(37)38)26(15-33(23)5)30(2,3)4/h6,9-12,16-17,20-21,26H,7-8,13-15H2,1-5H3,(H,31,36)(H,37,38)/t17-,20?,26?/m1/s1. The molecule has 39 heavy (non-hydrogen) atoms. The first-order valence-electron chi connectivity index (χ1n) is 13.8. The number of hydrogen-bond donors (Lipinski definition) is 2. The van der Waals surface area contributed by atoms with E-state index in [4.69, 9.17) is 9.72 Å². The van der Waals surface area contributed by atoms with Gasteiger partial charge in [-0.1, -0.05) is 26.8 Å². The number of aromatic nitrogens is 2. The van der Waals surface area contributed by atoms with Gasteiger partial charge in [0.15, 0.2) is 0 Å². The number of fused-ring (bicyclic) bond motifs is 2. The van der Waals surface area contributed by atoms with Crippen LogP contribution in [-0.4, -0.2) is 58.9 Å². The number of carbonyl (C=O) groups is 2. The van der Waals surface area contributed by atoms with Gasteiger partial charge in [-0.05, 0) is 60.6 Å². The van der Waals surface area contributed by atoms with Gasteiger partial charge >= 0.3 is 6.09 Å². The molecular weight excluding hydrogens is 494 g/mol. The molecular formula is C30H37N5O4. The summed E-state index contributed by atoms with van der Waals surface area (Å²) in [4.78, 5) is 32.8. The predicted molar refractivity (Wildman–Crippen MR) is 152 cm³/mol. The topological polar surface area (TPSA) is 99.9 Å². The molecule has 3 heterocycles. The van der Waals surface area contributed by atoms with Crippen molar-refractivity contribution in [3.63, 3.8) is 0 Å². The zero-order valence-corrected chi connectivity index (χ0v) is 23.3. The quantitative estimate of drug-likeness (QED) is 0.464. The maximum atomic E-state index is 12.5. The average molecular weight is 532 g/mol. The van der Waals surface area contributed by atoms with Crippen molar-refractivity contribution in [3.05, 3.63) is 36.7 Å². The van der Waals surface area contributed by atoms with Crippen LogP contribution in [0.2, 0.25) is 0 Å². The van der Waals surface area contributed by atoms with E-state index in [0.29, 0.717) is 31.2 Å². The van der Waals surface area contributed by atoms with Gasteiger partial charge in [-0.25, -0.2) is 9.78 Å². The smallest absolute Gasteiger partial charge is 0.412 e. The van der Waals surface area contributed by atoms with E-state index in [9.17, 15) is 14.7 Å². The zero-order chi connectivity index (χ0) is 27.6. The lowest BCUT2D eigenvalue weighted by Crippen LogP contribution is -2.56. The van der Waals surface area contributed by atoms with Crippen LogP contribution in [-0.2, 0) is 4.79 Å². The highest BCUT2D eigenvalue weighted by atomic mass is 16.5. The molecule has 3 aliphatic rings. The van der Waals surface area contributed by atoms with E-state index < -0.39 is 6.09 Å². The van der Waals surface area contributed by atoms with E-state index in [0.717, 1.165) is 46.4 Å². The molecule has 2 aliphatic heterocycles. The molecule has 0 bridgehead atoms. The number of nitrogens with one attached hydrogen (secondary N) is 1. The second kappa shape index (κ2) is 9.17. The summed E-state index contributed by atoms with van der Waals surface area (Å²) < 4.78 is 8.79. The molecule has 3 aromatic rings. The minimum atomic E-state index is -0.947. The number of hydrogen-bond acceptors (Lipinski definition) is 5. The van der Waals surface area contributed by atoms with E-state index in [2.05, 4.69) is 41.6 Å². The molecule has 3 atom stereocenters. The first-order chi connectivity index (χ1) is 18.5. The van der Waals surface area contributed by atoms with Crippen molar-refractivity contribution in [1.29, 1.82) is 0 Å². The first kappa shape index (κ1) is 25.5. The SMILES string of the molecule is C[C@@H](Oc1cc(-c2ccc3c(c2)N(C(=O)O)C(C(C)(C)C)CN3C)cc2ncn(C3CC3)c12)C1CNC(=O)C1. The fourth-order valence-electron chi connectivity index (χ4n) is 6.00. The molecule has 2 amide bonds. The van der Waals surface area contributed by atoms with E-state index in [1.807, 2.05) is 44.6 Å². The van der Waals surface area contributed by atoms with Crippen molar-refractivity contribution >= 4 is 34.4 Å². The van der Waals surface area contributed by atoms with Crippen molar-refractivity contribution in [3.8, 4) is 16.9 Å². The third-order valence-electron chi connectivity index (χ3n) is 8.50. The number of carboxylic acid groups (broad SMARTS) is 1. The van der Waals surface area contributed by atoms with E-state index in [1.54, 1.807) is 0 Å². The second-order valence-electron chi connectivity index (χ2n) is 12.4. The Kier molecular flexibility index (Phi) is 6.00. The molecule has 1 saturated carbocycles. The Morgan fingerprint density at radius 2 is 1.92 bits per heavy atom. The van der Waals surface area contributed by atoms with Crippen LogP contribution in [0.4, 0.5) is 16.2 Å². The minimum absolute atomic E-state index is 0.0629. The lowest BCUT2D eigenvalue weighted by molar-refractivity contribution is -0.119. The maximum absolute atomic E-state index is 12.5. The van der Waals surface area contributed by atoms with Gasteiger partial charge in [0.25, 0.3) is 0 Å². The molecule has 2 fully saturated rings. The number of benzene rings is 2. The van der Waals surface area contributed by atoms with Gasteiger partial charge < -0.3 is 24.6 Å². The third-order valence-corrected chi connectivity index (χ3v) is 8.50. The van der Waals surface area contributed by atoms with Crippen molar-refractivity contribution in [2.45, 2.75) is 65.1 Å². The molecule has 0 radical (unpaired) electrons. The highest BCUT2D eigenvalue weighted by Crippen LogP contribution is 2.45. The Bertz CT molecular complexity index is 1450. The Morgan fingerprint density at radius 3 is 2.56 bits per heavy atom. The second-order valence-corrected chi connectivity index (χ2v) is 12.4. The van der Waals surface area contributed by atoms with Gasteiger partial charge in [0.2, 0.25) is 5.91 Å². The summed E-state index contributed by atoms with van der Waals surface area (Å²) in [7, 11) is 2.02. The summed E-state index contributed by atoms with van der Waals surface area (Å²) in [5, 5.41) is 13.2. The molecule has 6 rings (SSSR count). The van der Waals surface area contributed by atoms with Crippen LogP contribution in [0, 0.1) is 11.3 Å². The van der Waals surface area contributed by atoms with Crippen LogP contribution in [0.15, 0.2) is 36.7 Å². The molecule has 1 aromatic heterocycles. The van der Waals surface area contributed by atoms with Crippen LogP contribution in [0.5, 0.6) is 5.75 Å². The summed E-state index contributed by atoms with van der Waals surface area (Å²) in [5.74, 6) is 0.912. The predicted octanol–water partition coefficient (Wildman–Crippen LogP) is 5.29. The highest BCUT2D eigenvalue weighted by molar-refractivity contribution is 5.96. The number of rotatable bonds is 5. The molecule has 206 valence electrons. The maximum Gasteiger partial charge on any atom is 0.412 e. The fraction of sp³-hybridized carbons (Fsp3) is 0.500. The van der Waals surface area contributed by atoms with Gasteiger partial charge in [0.05, 0.1) is 29.3 Å². The Balaban J connectivity index is 1.44. The molecule has 0 spiro atoms. The average Bonchev–Trinajstić information content (AvgIpc) is 3.47. The number of imidazole rings is 1. The summed E-state index contributed by atoms with van der Waals surface area (Å²) in [5.41, 5.74) is 4.99. The van der Waals surface area contributed by atoms with E-state index in [-0.39, 0.29) is 29.4 Å². The molecule has 2 N–H and O–H groups in total. The number of likely N-dealkylation sites (N-methyl/N-ethyl adjacent to an activating group) is 1. The van der Waals surface area contributed by atoms with Gasteiger partial charge in [0, 0.05) is 38.5 Å². The molecule has 9 nitrogen and oxygen atoms in total. The lowest BCUT2D eigenvalue weighted by atomic mass is 9.83. The lowest BCUT2D eigenvalue weighted by Gasteiger charge is -2.46. The van der Waals surface area contributed by atoms with Crippen LogP contribution in [0.3, 0.4) is 0 Å². The van der Waals surface area contributed by atoms with Crippen LogP contribution in [0.25, 0.3) is 22.2 Å². The number of anilines is 2. The number of amides is 2. The van der Waals surface area contributed by atoms with E-state index in [1.165, 1.54) is 4.90 Å². The van der Waals surface area contributed by atoms with Crippen LogP contribution in [0.1, 0.15) is 53.0 Å². The Labute approximate surface area is 228 Å². The Morgan fingerprint density at radius 1 is 1.15 bits per heavy atom. The molecule has 1 aliphatic carbocycles. The number of carbonyl (C=O) groups excluding carboxylic acids is 1. The van der Waals surface area contributed by atoms with Gasteiger partial charge in [-0.2, -0.15) is 0 Å². The Hall–Kier alpha value is -3.75. The van der Waals surface area contributed by atoms with Gasteiger partial charge in [0.1, 0.15) is 17.4 Å². The summed E-state index contributed by atoms with van der Waals surface area (Å²) >= 11 is 0. The normalized spacial score (nSPS) is 22.1. The molecule has 9 heteroatoms. The van der Waals surface area contributed by atoms with E-state index >= 15 is 0 Å². The largest absolute Gasteiger partial charge is 0.488 e. The van der Waals surface area contributed by atoms with Gasteiger partial charge in [-0.15, -0.1) is 0 Å². The van der Waals surface area contributed by atoms with Crippen LogP contribution < -0.4 is 19.9 Å². The minimum Gasteiger partial charge on any atom is -0.488 e. The summed E-state index contributed by atoms with van der Waals surface area (Å²) in [6.07, 6.45) is 3.51. The van der Waals surface area contributed by atoms with Gasteiger partial charge in [-0.3, -0.25) is 9.69 Å². The van der Waals surface area contributed by atoms with Crippen molar-refractivity contribution in [2.24, 2.45) is 11.3 Å². The monoisotopic (exact) mass is 531 g/mol. The van der Waals surface area contributed by atoms with Crippen LogP contribution >= 0.6 is 0 Å². The molecule has 1 saturated heterocycles. The summed E-state index contributed by atoms with van der Waals surface area (Å²) in [6, 6.07) is 10.4. The van der Waals surface area contributed by atoms with Crippen molar-refractivity contribution < 1.29 is 19.4 Å². The molecule has 2 aromatic carbocycles. The molecule has 2 unspecified atom stereocenters. The number of ether oxygens (including phenoxy) is 1. The fourth-order valence-corrected chi connectivity index (χ4v) is 6.00. The van der Waals surface area contributed by atoms with Crippen molar-refractivity contribution in [2.75, 3.05) is 29.9 Å². The number of nitrogens with zero attached hydrogens (tertiary/aromatic N) is 4. The first-order valence-corrected chi connectivity index (χ1v) is 13.8. The summed E-state index contributed by atoms with van der Waals surface area (Å²) in [6.45, 7) is 9.51.